The quantitative estimate of drug-likeness (QED) is 0.810. The number of benzene rings is 1. The number of carbonyl (C=O) groups is 1. The fourth-order valence-electron chi connectivity index (χ4n) is 3.23. The number of nitrogens with one attached hydrogen (secondary N) is 1. The van der Waals surface area contributed by atoms with Gasteiger partial charge in [-0.3, -0.25) is 4.79 Å². The zero-order valence-corrected chi connectivity index (χ0v) is 16.4. The molecule has 0 saturated carbocycles. The first kappa shape index (κ1) is 19.1. The van der Waals surface area contributed by atoms with Gasteiger partial charge in [0.2, 0.25) is 11.8 Å². The van der Waals surface area contributed by atoms with E-state index in [9.17, 15) is 4.79 Å². The molecule has 0 unspecified atom stereocenters. The molecule has 0 bridgehead atoms. The number of hydrogen-bond donors (Lipinski definition) is 1. The van der Waals surface area contributed by atoms with Crippen LogP contribution < -0.4 is 14.8 Å². The smallest absolute Gasteiger partial charge is 0.233 e. The highest BCUT2D eigenvalue weighted by Gasteiger charge is 2.27. The summed E-state index contributed by atoms with van der Waals surface area (Å²) in [5.74, 6) is 1.79. The monoisotopic (exact) mass is 369 g/mol. The molecule has 0 radical (unpaired) electrons. The summed E-state index contributed by atoms with van der Waals surface area (Å²) in [4.78, 5) is 12.0. The van der Waals surface area contributed by atoms with E-state index in [1.165, 1.54) is 0 Å². The summed E-state index contributed by atoms with van der Waals surface area (Å²) in [5.41, 5.74) is 3.96. The van der Waals surface area contributed by atoms with Crippen molar-refractivity contribution in [3.8, 4) is 22.9 Å². The van der Waals surface area contributed by atoms with Crippen LogP contribution in [0, 0.1) is 12.8 Å². The van der Waals surface area contributed by atoms with Gasteiger partial charge in [0.25, 0.3) is 0 Å². The maximum atomic E-state index is 12.0. The molecule has 6 nitrogen and oxygen atoms in total. The van der Waals surface area contributed by atoms with Crippen molar-refractivity contribution >= 4 is 5.91 Å². The fraction of sp³-hybridized carbons (Fsp3) is 0.476. The zero-order valence-electron chi connectivity index (χ0n) is 16.4. The maximum Gasteiger partial charge on any atom is 0.233 e. The van der Waals surface area contributed by atoms with Crippen molar-refractivity contribution in [3.05, 3.63) is 35.4 Å². The Morgan fingerprint density at radius 3 is 2.85 bits per heavy atom. The predicted octanol–water partition coefficient (Wildman–Crippen LogP) is 3.32. The minimum absolute atomic E-state index is 0.0624. The second-order valence-electron chi connectivity index (χ2n) is 7.23. The summed E-state index contributed by atoms with van der Waals surface area (Å²) in [7, 11) is 1.57. The number of amides is 1. The van der Waals surface area contributed by atoms with Gasteiger partial charge in [-0.05, 0) is 36.1 Å². The third kappa shape index (κ3) is 4.56. The molecule has 0 saturated heterocycles. The van der Waals surface area contributed by atoms with Crippen molar-refractivity contribution in [3.63, 3.8) is 0 Å². The molecule has 1 amide bonds. The van der Waals surface area contributed by atoms with Crippen LogP contribution in [-0.4, -0.2) is 35.9 Å². The number of rotatable bonds is 7. The first-order valence-corrected chi connectivity index (χ1v) is 9.45. The molecule has 27 heavy (non-hydrogen) atoms. The Kier molecular flexibility index (Phi) is 5.94. The number of aromatic nitrogens is 2. The number of hydrogen-bond acceptors (Lipinski definition) is 5. The molecule has 1 aromatic carbocycles. The van der Waals surface area contributed by atoms with Crippen LogP contribution in [0.25, 0.3) is 11.3 Å². The van der Waals surface area contributed by atoms with Crippen molar-refractivity contribution in [1.29, 1.82) is 0 Å². The Labute approximate surface area is 160 Å². The van der Waals surface area contributed by atoms with Crippen molar-refractivity contribution < 1.29 is 14.3 Å². The molecule has 3 rings (SSSR count). The van der Waals surface area contributed by atoms with E-state index in [2.05, 4.69) is 48.4 Å². The third-order valence-corrected chi connectivity index (χ3v) is 4.93. The van der Waals surface area contributed by atoms with Crippen molar-refractivity contribution in [1.82, 2.24) is 15.5 Å². The van der Waals surface area contributed by atoms with Crippen LogP contribution in [0.2, 0.25) is 0 Å². The summed E-state index contributed by atoms with van der Waals surface area (Å²) in [6.07, 6.45) is 2.27. The van der Waals surface area contributed by atoms with Crippen molar-refractivity contribution in [2.24, 2.45) is 5.92 Å². The largest absolute Gasteiger partial charge is 0.487 e. The van der Waals surface area contributed by atoms with Gasteiger partial charge < -0.3 is 14.8 Å². The highest BCUT2D eigenvalue weighted by Crippen LogP contribution is 2.39. The van der Waals surface area contributed by atoms with Gasteiger partial charge in [0, 0.05) is 24.5 Å². The van der Waals surface area contributed by atoms with E-state index in [0.717, 1.165) is 41.0 Å². The first-order chi connectivity index (χ1) is 13.0. The molecule has 1 aromatic heterocycles. The van der Waals surface area contributed by atoms with Crippen LogP contribution >= 0.6 is 0 Å². The van der Waals surface area contributed by atoms with Crippen LogP contribution in [-0.2, 0) is 11.2 Å². The van der Waals surface area contributed by atoms with E-state index in [0.29, 0.717) is 24.8 Å². The van der Waals surface area contributed by atoms with Gasteiger partial charge in [0.1, 0.15) is 11.9 Å². The van der Waals surface area contributed by atoms with E-state index in [1.807, 2.05) is 6.07 Å². The fourth-order valence-corrected chi connectivity index (χ4v) is 3.23. The first-order valence-electron chi connectivity index (χ1n) is 9.45. The molecule has 0 fully saturated rings. The van der Waals surface area contributed by atoms with Crippen molar-refractivity contribution in [2.45, 2.75) is 46.1 Å². The molecule has 1 aliphatic rings. The summed E-state index contributed by atoms with van der Waals surface area (Å²) < 4.78 is 11.3. The highest BCUT2D eigenvalue weighted by atomic mass is 16.5. The molecule has 0 spiro atoms. The van der Waals surface area contributed by atoms with Gasteiger partial charge in [0.15, 0.2) is 0 Å². The van der Waals surface area contributed by atoms with Crippen LogP contribution in [0.1, 0.15) is 37.8 Å². The maximum absolute atomic E-state index is 12.0. The van der Waals surface area contributed by atoms with Crippen LogP contribution in [0.5, 0.6) is 11.6 Å². The number of nitrogens with zero attached hydrogens (tertiary/aromatic N) is 2. The molecular weight excluding hydrogens is 342 g/mol. The lowest BCUT2D eigenvalue weighted by Gasteiger charge is -2.14. The lowest BCUT2D eigenvalue weighted by atomic mass is 10.0. The second-order valence-corrected chi connectivity index (χ2v) is 7.23. The Bertz CT molecular complexity index is 805. The van der Waals surface area contributed by atoms with Crippen LogP contribution in [0.15, 0.2) is 24.3 Å². The van der Waals surface area contributed by atoms with Crippen LogP contribution in [0.4, 0.5) is 0 Å². The predicted molar refractivity (Wildman–Crippen MR) is 104 cm³/mol. The molecular formula is C21H27N3O3. The lowest BCUT2D eigenvalue weighted by molar-refractivity contribution is -0.122. The Morgan fingerprint density at radius 2 is 2.19 bits per heavy atom. The summed E-state index contributed by atoms with van der Waals surface area (Å²) >= 11 is 0. The van der Waals surface area contributed by atoms with Gasteiger partial charge >= 0.3 is 0 Å². The molecule has 0 aliphatic carbocycles. The molecule has 1 aliphatic heterocycles. The van der Waals surface area contributed by atoms with E-state index in [1.54, 1.807) is 13.2 Å². The van der Waals surface area contributed by atoms with Gasteiger partial charge in [0.05, 0.1) is 19.3 Å². The molecule has 2 heterocycles. The average Bonchev–Trinajstić information content (AvgIpc) is 3.08. The Morgan fingerprint density at radius 1 is 1.37 bits per heavy atom. The highest BCUT2D eigenvalue weighted by molar-refractivity contribution is 5.76. The van der Waals surface area contributed by atoms with E-state index < -0.39 is 0 Å². The number of aryl methyl sites for hydroxylation is 1. The van der Waals surface area contributed by atoms with Crippen LogP contribution in [0.3, 0.4) is 0 Å². The van der Waals surface area contributed by atoms with Gasteiger partial charge in [-0.15, -0.1) is 10.2 Å². The van der Waals surface area contributed by atoms with Crippen molar-refractivity contribution in [2.75, 3.05) is 13.7 Å². The standard InChI is InChI=1S/C21H27N3O3/c1-5-13(2)10-19(25)22-12-16-11-15-8-14(3)9-17(21(15)27-16)18-6-7-20(26-4)24-23-18/h6-9,13,16H,5,10-12H2,1-4H3,(H,22,25)/t13-,16+/m0/s1. The van der Waals surface area contributed by atoms with Gasteiger partial charge in [-0.1, -0.05) is 26.3 Å². The minimum atomic E-state index is -0.0624. The summed E-state index contributed by atoms with van der Waals surface area (Å²) in [5, 5.41) is 11.3. The normalized spacial score (nSPS) is 16.4. The topological polar surface area (TPSA) is 73.3 Å². The molecule has 1 N–H and O–H groups in total. The number of fused-ring (bicyclic) bond motifs is 1. The van der Waals surface area contributed by atoms with E-state index >= 15 is 0 Å². The van der Waals surface area contributed by atoms with Gasteiger partial charge in [-0.2, -0.15) is 0 Å². The molecule has 2 aromatic rings. The van der Waals surface area contributed by atoms with Gasteiger partial charge in [-0.25, -0.2) is 0 Å². The third-order valence-electron chi connectivity index (χ3n) is 4.93. The number of methoxy groups -OCH3 is 1. The van der Waals surface area contributed by atoms with E-state index in [-0.39, 0.29) is 12.0 Å². The zero-order chi connectivity index (χ0) is 19.4. The van der Waals surface area contributed by atoms with E-state index in [4.69, 9.17) is 9.47 Å². The average molecular weight is 369 g/mol. The Hall–Kier alpha value is -2.63. The summed E-state index contributed by atoms with van der Waals surface area (Å²) in [6.45, 7) is 6.76. The second kappa shape index (κ2) is 8.37. The number of carbonyl (C=O) groups excluding carboxylic acids is 1. The molecule has 2 atom stereocenters. The molecule has 6 heteroatoms. The number of ether oxygens (including phenoxy) is 2. The summed E-state index contributed by atoms with van der Waals surface area (Å²) in [6, 6.07) is 7.86. The minimum Gasteiger partial charge on any atom is -0.487 e. The molecule has 144 valence electrons. The lowest BCUT2D eigenvalue weighted by Crippen LogP contribution is -2.35. The Balaban J connectivity index is 1.72. The SMILES string of the molecule is CC[C@H](C)CC(=O)NC[C@H]1Cc2cc(C)cc(-c3ccc(OC)nn3)c2O1.